The van der Waals surface area contributed by atoms with Crippen molar-refractivity contribution in [2.45, 2.75) is 26.3 Å². The van der Waals surface area contributed by atoms with Gasteiger partial charge in [-0.05, 0) is 27.0 Å². The Morgan fingerprint density at radius 3 is 2.76 bits per heavy atom. The van der Waals surface area contributed by atoms with E-state index >= 15 is 0 Å². The van der Waals surface area contributed by atoms with Gasteiger partial charge in [-0.25, -0.2) is 0 Å². The number of hydrogen-bond acceptors (Lipinski definition) is 6. The lowest BCUT2D eigenvalue weighted by atomic mass is 10.2. The summed E-state index contributed by atoms with van der Waals surface area (Å²) in [7, 11) is 1.65. The van der Waals surface area contributed by atoms with Crippen LogP contribution in [0.1, 0.15) is 18.9 Å². The molecule has 0 amide bonds. The van der Waals surface area contributed by atoms with E-state index in [9.17, 15) is 14.9 Å². The lowest BCUT2D eigenvalue weighted by Crippen LogP contribution is -2.36. The molecule has 7 nitrogen and oxygen atoms in total. The van der Waals surface area contributed by atoms with E-state index < -0.39 is 11.0 Å². The highest BCUT2D eigenvalue weighted by molar-refractivity contribution is 5.75. The molecule has 1 atom stereocenters. The van der Waals surface area contributed by atoms with Crippen LogP contribution in [0.5, 0.6) is 5.75 Å². The first-order valence-corrected chi connectivity index (χ1v) is 6.72. The molecule has 7 heteroatoms. The molecule has 0 spiro atoms. The van der Waals surface area contributed by atoms with Crippen molar-refractivity contribution in [2.24, 2.45) is 0 Å². The molecule has 21 heavy (non-hydrogen) atoms. The fourth-order valence-electron chi connectivity index (χ4n) is 1.89. The monoisotopic (exact) mass is 296 g/mol. The van der Waals surface area contributed by atoms with Crippen molar-refractivity contribution in [3.8, 4) is 5.75 Å². The van der Waals surface area contributed by atoms with Gasteiger partial charge in [0.25, 0.3) is 0 Å². The maximum atomic E-state index is 11.6. The van der Waals surface area contributed by atoms with Gasteiger partial charge in [0, 0.05) is 12.0 Å². The minimum atomic E-state index is -0.492. The molecule has 0 aromatic heterocycles. The average Bonchev–Trinajstić information content (AvgIpc) is 2.43. The molecule has 0 bridgehead atoms. The predicted molar refractivity (Wildman–Crippen MR) is 77.4 cm³/mol. The van der Waals surface area contributed by atoms with E-state index in [2.05, 4.69) is 5.32 Å². The van der Waals surface area contributed by atoms with Crippen LogP contribution in [0, 0.1) is 17.0 Å². The average molecular weight is 296 g/mol. The van der Waals surface area contributed by atoms with E-state index in [1.807, 2.05) is 0 Å². The SMILES string of the molecule is CCOC(=O)C(CCOc1cccc(C)c1[N+](=O)[O-])NC. The van der Waals surface area contributed by atoms with Gasteiger partial charge in [-0.3, -0.25) is 14.9 Å². The van der Waals surface area contributed by atoms with E-state index in [1.165, 1.54) is 0 Å². The number of nitrogens with one attached hydrogen (secondary N) is 1. The minimum absolute atomic E-state index is 0.0466. The van der Waals surface area contributed by atoms with Crippen LogP contribution < -0.4 is 10.1 Å². The first-order chi connectivity index (χ1) is 10.0. The van der Waals surface area contributed by atoms with Crippen LogP contribution in [0.25, 0.3) is 0 Å². The Bertz CT molecular complexity index is 504. The molecule has 0 fully saturated rings. The quantitative estimate of drug-likeness (QED) is 0.447. The third-order valence-corrected chi connectivity index (χ3v) is 2.97. The summed E-state index contributed by atoms with van der Waals surface area (Å²) in [6, 6.07) is 4.40. The van der Waals surface area contributed by atoms with Crippen molar-refractivity contribution in [3.05, 3.63) is 33.9 Å². The zero-order valence-electron chi connectivity index (χ0n) is 12.4. The first kappa shape index (κ1) is 16.9. The predicted octanol–water partition coefficient (Wildman–Crippen LogP) is 1.82. The molecule has 0 saturated carbocycles. The number of rotatable bonds is 8. The molecule has 1 aromatic carbocycles. The second-order valence-electron chi connectivity index (χ2n) is 4.41. The van der Waals surface area contributed by atoms with Crippen LogP contribution in [0.4, 0.5) is 5.69 Å². The van der Waals surface area contributed by atoms with Gasteiger partial charge in [0.15, 0.2) is 5.75 Å². The lowest BCUT2D eigenvalue weighted by Gasteiger charge is -2.15. The number of ether oxygens (including phenoxy) is 2. The Morgan fingerprint density at radius 2 is 2.19 bits per heavy atom. The van der Waals surface area contributed by atoms with Crippen molar-refractivity contribution in [1.29, 1.82) is 0 Å². The normalized spacial score (nSPS) is 11.8. The Balaban J connectivity index is 2.65. The largest absolute Gasteiger partial charge is 0.487 e. The lowest BCUT2D eigenvalue weighted by molar-refractivity contribution is -0.386. The van der Waals surface area contributed by atoms with Gasteiger partial charge in [0.05, 0.1) is 18.1 Å². The smallest absolute Gasteiger partial charge is 0.323 e. The molecule has 0 saturated heterocycles. The van der Waals surface area contributed by atoms with Crippen molar-refractivity contribution in [2.75, 3.05) is 20.3 Å². The summed E-state index contributed by atoms with van der Waals surface area (Å²) in [4.78, 5) is 22.2. The highest BCUT2D eigenvalue weighted by Gasteiger charge is 2.20. The summed E-state index contributed by atoms with van der Waals surface area (Å²) in [6.07, 6.45) is 0.362. The van der Waals surface area contributed by atoms with Crippen LogP contribution >= 0.6 is 0 Å². The molecule has 0 radical (unpaired) electrons. The number of nitro benzene ring substituents is 1. The van der Waals surface area contributed by atoms with Crippen molar-refractivity contribution in [1.82, 2.24) is 5.32 Å². The molecule has 0 aliphatic rings. The fraction of sp³-hybridized carbons (Fsp3) is 0.500. The molecule has 116 valence electrons. The summed E-state index contributed by atoms with van der Waals surface area (Å²) in [5.74, 6) is -0.152. The van der Waals surface area contributed by atoms with Gasteiger partial charge >= 0.3 is 11.7 Å². The molecule has 0 aliphatic heterocycles. The molecule has 0 aliphatic carbocycles. The van der Waals surface area contributed by atoms with Crippen molar-refractivity contribution < 1.29 is 19.2 Å². The number of nitro groups is 1. The maximum Gasteiger partial charge on any atom is 0.323 e. The fourth-order valence-corrected chi connectivity index (χ4v) is 1.89. The second kappa shape index (κ2) is 8.21. The number of aryl methyl sites for hydroxylation is 1. The Kier molecular flexibility index (Phi) is 6.61. The second-order valence-corrected chi connectivity index (χ2v) is 4.41. The standard InChI is InChI=1S/C14H20N2O5/c1-4-20-14(17)11(15-3)8-9-21-12-7-5-6-10(2)13(12)16(18)19/h5-7,11,15H,4,8-9H2,1-3H3. The van der Waals surface area contributed by atoms with E-state index in [-0.39, 0.29) is 24.0 Å². The van der Waals surface area contributed by atoms with Gasteiger partial charge in [-0.2, -0.15) is 0 Å². The number of hydrogen-bond donors (Lipinski definition) is 1. The summed E-state index contributed by atoms with van der Waals surface area (Å²) >= 11 is 0. The summed E-state index contributed by atoms with van der Waals surface area (Å²) in [5.41, 5.74) is 0.489. The molecule has 1 unspecified atom stereocenters. The Labute approximate surface area is 123 Å². The van der Waals surface area contributed by atoms with E-state index in [4.69, 9.17) is 9.47 Å². The number of para-hydroxylation sites is 1. The summed E-state index contributed by atoms with van der Waals surface area (Å²) in [6.45, 7) is 3.87. The third-order valence-electron chi connectivity index (χ3n) is 2.97. The summed E-state index contributed by atoms with van der Waals surface area (Å²) in [5, 5.41) is 13.9. The molecule has 1 aromatic rings. The third kappa shape index (κ3) is 4.71. The van der Waals surface area contributed by atoms with Gasteiger partial charge in [-0.1, -0.05) is 12.1 Å². The van der Waals surface area contributed by atoms with E-state index in [0.717, 1.165) is 0 Å². The van der Waals surface area contributed by atoms with Crippen LogP contribution in [-0.2, 0) is 9.53 Å². The number of carbonyl (C=O) groups is 1. The van der Waals surface area contributed by atoms with Gasteiger partial charge in [-0.15, -0.1) is 0 Å². The Morgan fingerprint density at radius 1 is 1.48 bits per heavy atom. The van der Waals surface area contributed by atoms with Crippen LogP contribution in [0.15, 0.2) is 18.2 Å². The summed E-state index contributed by atoms with van der Waals surface area (Å²) < 4.78 is 10.4. The number of esters is 1. The highest BCUT2D eigenvalue weighted by Crippen LogP contribution is 2.30. The van der Waals surface area contributed by atoms with Crippen molar-refractivity contribution >= 4 is 11.7 Å². The number of likely N-dealkylation sites (N-methyl/N-ethyl adjacent to an activating group) is 1. The number of carbonyl (C=O) groups excluding carboxylic acids is 1. The minimum Gasteiger partial charge on any atom is -0.487 e. The first-order valence-electron chi connectivity index (χ1n) is 6.72. The van der Waals surface area contributed by atoms with Gasteiger partial charge < -0.3 is 14.8 Å². The number of nitrogens with zero attached hydrogens (tertiary/aromatic N) is 1. The maximum absolute atomic E-state index is 11.6. The van der Waals surface area contributed by atoms with Crippen molar-refractivity contribution in [3.63, 3.8) is 0 Å². The van der Waals surface area contributed by atoms with Crippen LogP contribution in [-0.4, -0.2) is 37.2 Å². The van der Waals surface area contributed by atoms with Crippen LogP contribution in [0.2, 0.25) is 0 Å². The zero-order chi connectivity index (χ0) is 15.8. The van der Waals surface area contributed by atoms with Gasteiger partial charge in [0.2, 0.25) is 0 Å². The van der Waals surface area contributed by atoms with Crippen LogP contribution in [0.3, 0.4) is 0 Å². The zero-order valence-corrected chi connectivity index (χ0v) is 12.4. The van der Waals surface area contributed by atoms with Gasteiger partial charge in [0.1, 0.15) is 6.04 Å². The Hall–Kier alpha value is -2.15. The molecular weight excluding hydrogens is 276 g/mol. The highest BCUT2D eigenvalue weighted by atomic mass is 16.6. The van der Waals surface area contributed by atoms with E-state index in [1.54, 1.807) is 39.1 Å². The molecule has 1 rings (SSSR count). The molecular formula is C14H20N2O5. The number of benzene rings is 1. The molecule has 0 heterocycles. The topological polar surface area (TPSA) is 90.7 Å². The molecule has 1 N–H and O–H groups in total. The van der Waals surface area contributed by atoms with E-state index in [0.29, 0.717) is 18.6 Å².